The number of hydrogen-bond acceptors (Lipinski definition) is 4. The molecule has 1 rings (SSSR count). The first-order valence-electron chi connectivity index (χ1n) is 4.75. The van der Waals surface area contributed by atoms with Crippen LogP contribution in [0.25, 0.3) is 0 Å². The monoisotopic (exact) mass is 289 g/mol. The number of esters is 1. The molecule has 0 aliphatic carbocycles. The summed E-state index contributed by atoms with van der Waals surface area (Å²) in [5.41, 5.74) is 6.62. The first kappa shape index (κ1) is 14.9. The van der Waals surface area contributed by atoms with E-state index >= 15 is 0 Å². The number of carbonyl (C=O) groups is 1. The summed E-state index contributed by atoms with van der Waals surface area (Å²) in [6.45, 7) is 0. The molecule has 0 heterocycles. The molecule has 1 atom stereocenters. The average Bonchev–Trinajstić information content (AvgIpc) is 2.26. The van der Waals surface area contributed by atoms with Gasteiger partial charge in [-0.1, -0.05) is 12.1 Å². The second kappa shape index (κ2) is 7.24. The van der Waals surface area contributed by atoms with Crippen molar-refractivity contribution < 1.29 is 14.6 Å². The van der Waals surface area contributed by atoms with E-state index in [1.165, 1.54) is 7.11 Å². The van der Waals surface area contributed by atoms with Gasteiger partial charge in [0, 0.05) is 0 Å². The fourth-order valence-electron chi connectivity index (χ4n) is 1.25. The molecule has 16 heavy (non-hydrogen) atoms. The molecule has 0 aliphatic rings. The highest BCUT2D eigenvalue weighted by Crippen LogP contribution is 2.11. The van der Waals surface area contributed by atoms with E-state index in [1.54, 1.807) is 24.3 Å². The van der Waals surface area contributed by atoms with Crippen LogP contribution >= 0.6 is 17.0 Å². The summed E-state index contributed by atoms with van der Waals surface area (Å²) in [5.74, 6) is -0.162. The Bertz CT molecular complexity index is 327. The lowest BCUT2D eigenvalue weighted by Crippen LogP contribution is -2.31. The van der Waals surface area contributed by atoms with Crippen molar-refractivity contribution in [2.24, 2.45) is 5.73 Å². The van der Waals surface area contributed by atoms with E-state index in [-0.39, 0.29) is 22.7 Å². The van der Waals surface area contributed by atoms with Crippen LogP contribution in [0.4, 0.5) is 0 Å². The summed E-state index contributed by atoms with van der Waals surface area (Å²) < 4.78 is 4.52. The molecule has 0 radical (unpaired) electrons. The predicted molar refractivity (Wildman–Crippen MR) is 66.7 cm³/mol. The van der Waals surface area contributed by atoms with Crippen LogP contribution in [-0.2, 0) is 16.0 Å². The quantitative estimate of drug-likeness (QED) is 0.822. The van der Waals surface area contributed by atoms with Gasteiger partial charge in [-0.3, -0.25) is 4.79 Å². The summed E-state index contributed by atoms with van der Waals surface area (Å²) in [4.78, 5) is 11.0. The molecular formula is C11H16BrNO3. The number of halogens is 1. The van der Waals surface area contributed by atoms with Gasteiger partial charge < -0.3 is 15.6 Å². The van der Waals surface area contributed by atoms with Crippen LogP contribution in [0.3, 0.4) is 0 Å². The van der Waals surface area contributed by atoms with E-state index in [0.29, 0.717) is 12.8 Å². The molecule has 0 aromatic heterocycles. The first-order valence-corrected chi connectivity index (χ1v) is 4.75. The molecular weight excluding hydrogens is 274 g/mol. The van der Waals surface area contributed by atoms with E-state index in [0.717, 1.165) is 5.56 Å². The van der Waals surface area contributed by atoms with Gasteiger partial charge >= 0.3 is 5.97 Å². The number of aryl methyl sites for hydroxylation is 1. The molecule has 90 valence electrons. The molecule has 4 nitrogen and oxygen atoms in total. The molecule has 0 saturated heterocycles. The molecule has 0 fully saturated rings. The molecule has 0 amide bonds. The minimum atomic E-state index is -0.580. The van der Waals surface area contributed by atoms with E-state index < -0.39 is 12.0 Å². The molecule has 5 heteroatoms. The Morgan fingerprint density at radius 1 is 1.44 bits per heavy atom. The SMILES string of the molecule is Br.COC(=O)[C@@H](N)CCc1ccc(O)cc1. The minimum absolute atomic E-state index is 0. The molecule has 1 aromatic rings. The second-order valence-corrected chi connectivity index (χ2v) is 3.33. The number of benzene rings is 1. The van der Waals surface area contributed by atoms with E-state index in [1.807, 2.05) is 0 Å². The third kappa shape index (κ3) is 4.63. The molecule has 0 spiro atoms. The lowest BCUT2D eigenvalue weighted by molar-refractivity contribution is -0.142. The summed E-state index contributed by atoms with van der Waals surface area (Å²) in [6, 6.07) is 6.25. The standard InChI is InChI=1S/C11H15NO3.BrH/c1-15-11(14)10(12)7-4-8-2-5-9(13)6-3-8;/h2-3,5-6,10,13H,4,7,12H2,1H3;1H/t10-;/m0./s1. The van der Waals surface area contributed by atoms with Crippen LogP contribution in [0.15, 0.2) is 24.3 Å². The largest absolute Gasteiger partial charge is 0.508 e. The van der Waals surface area contributed by atoms with Crippen LogP contribution in [0.2, 0.25) is 0 Å². The van der Waals surface area contributed by atoms with Gasteiger partial charge in [0.1, 0.15) is 11.8 Å². The Hall–Kier alpha value is -1.07. The number of rotatable bonds is 4. The third-order valence-electron chi connectivity index (χ3n) is 2.18. The minimum Gasteiger partial charge on any atom is -0.508 e. The van der Waals surface area contributed by atoms with Crippen LogP contribution in [0, 0.1) is 0 Å². The third-order valence-corrected chi connectivity index (χ3v) is 2.18. The first-order chi connectivity index (χ1) is 7.13. The van der Waals surface area contributed by atoms with Crippen molar-refractivity contribution in [1.82, 2.24) is 0 Å². The van der Waals surface area contributed by atoms with Crippen molar-refractivity contribution in [2.75, 3.05) is 7.11 Å². The lowest BCUT2D eigenvalue weighted by atomic mass is 10.1. The smallest absolute Gasteiger partial charge is 0.322 e. The molecule has 0 aliphatic heterocycles. The molecule has 1 aromatic carbocycles. The van der Waals surface area contributed by atoms with Crippen molar-refractivity contribution >= 4 is 23.0 Å². The molecule has 0 unspecified atom stereocenters. The maximum Gasteiger partial charge on any atom is 0.322 e. The highest BCUT2D eigenvalue weighted by atomic mass is 79.9. The van der Waals surface area contributed by atoms with Crippen molar-refractivity contribution in [1.29, 1.82) is 0 Å². The van der Waals surface area contributed by atoms with Crippen LogP contribution in [-0.4, -0.2) is 24.2 Å². The van der Waals surface area contributed by atoms with E-state index in [4.69, 9.17) is 10.8 Å². The fraction of sp³-hybridized carbons (Fsp3) is 0.364. The molecule has 0 bridgehead atoms. The van der Waals surface area contributed by atoms with Gasteiger partial charge in [0.05, 0.1) is 7.11 Å². The Labute approximate surface area is 105 Å². The highest BCUT2D eigenvalue weighted by molar-refractivity contribution is 8.93. The van der Waals surface area contributed by atoms with Gasteiger partial charge in [-0.2, -0.15) is 0 Å². The van der Waals surface area contributed by atoms with Crippen LogP contribution in [0.5, 0.6) is 5.75 Å². The summed E-state index contributed by atoms with van der Waals surface area (Å²) in [6.07, 6.45) is 1.23. The Morgan fingerprint density at radius 2 is 2.00 bits per heavy atom. The van der Waals surface area contributed by atoms with Crippen molar-refractivity contribution in [3.8, 4) is 5.75 Å². The average molecular weight is 290 g/mol. The summed E-state index contributed by atoms with van der Waals surface area (Å²) >= 11 is 0. The Morgan fingerprint density at radius 3 is 2.50 bits per heavy atom. The van der Waals surface area contributed by atoms with Crippen molar-refractivity contribution in [3.63, 3.8) is 0 Å². The van der Waals surface area contributed by atoms with Crippen molar-refractivity contribution in [3.05, 3.63) is 29.8 Å². The van der Waals surface area contributed by atoms with Crippen LogP contribution in [0.1, 0.15) is 12.0 Å². The summed E-state index contributed by atoms with van der Waals surface area (Å²) in [5, 5.41) is 9.06. The van der Waals surface area contributed by atoms with Crippen LogP contribution < -0.4 is 5.73 Å². The zero-order chi connectivity index (χ0) is 11.3. The Kier molecular flexibility index (Phi) is 6.76. The van der Waals surface area contributed by atoms with E-state index in [2.05, 4.69) is 4.74 Å². The second-order valence-electron chi connectivity index (χ2n) is 3.33. The number of ether oxygens (including phenoxy) is 1. The zero-order valence-electron chi connectivity index (χ0n) is 9.05. The zero-order valence-corrected chi connectivity index (χ0v) is 10.8. The van der Waals surface area contributed by atoms with Gasteiger partial charge in [0.25, 0.3) is 0 Å². The number of carbonyl (C=O) groups excluding carboxylic acids is 1. The molecule has 0 saturated carbocycles. The lowest BCUT2D eigenvalue weighted by Gasteiger charge is -2.08. The van der Waals surface area contributed by atoms with Gasteiger partial charge in [-0.15, -0.1) is 17.0 Å². The maximum atomic E-state index is 11.0. The fourth-order valence-corrected chi connectivity index (χ4v) is 1.25. The highest BCUT2D eigenvalue weighted by Gasteiger charge is 2.12. The number of nitrogens with two attached hydrogens (primary N) is 1. The summed E-state index contributed by atoms with van der Waals surface area (Å²) in [7, 11) is 1.32. The predicted octanol–water partition coefficient (Wildman–Crippen LogP) is 1.40. The number of aromatic hydroxyl groups is 1. The number of methoxy groups -OCH3 is 1. The number of phenols is 1. The van der Waals surface area contributed by atoms with Gasteiger partial charge in [-0.05, 0) is 30.5 Å². The normalized spacial score (nSPS) is 11.4. The van der Waals surface area contributed by atoms with Gasteiger partial charge in [0.15, 0.2) is 0 Å². The topological polar surface area (TPSA) is 72.5 Å². The van der Waals surface area contributed by atoms with Gasteiger partial charge in [0.2, 0.25) is 0 Å². The number of hydrogen-bond donors (Lipinski definition) is 2. The number of phenolic OH excluding ortho intramolecular Hbond substituents is 1. The maximum absolute atomic E-state index is 11.0. The van der Waals surface area contributed by atoms with Gasteiger partial charge in [-0.25, -0.2) is 0 Å². The van der Waals surface area contributed by atoms with Crippen molar-refractivity contribution in [2.45, 2.75) is 18.9 Å². The Balaban J connectivity index is 0.00000225. The molecule has 3 N–H and O–H groups in total. The van der Waals surface area contributed by atoms with E-state index in [9.17, 15) is 4.79 Å².